The van der Waals surface area contributed by atoms with Crippen molar-refractivity contribution in [1.82, 2.24) is 10.2 Å². The monoisotopic (exact) mass is 342 g/mol. The second-order valence-electron chi connectivity index (χ2n) is 5.89. The molecule has 1 amide bonds. The van der Waals surface area contributed by atoms with Gasteiger partial charge in [-0.25, -0.2) is 8.42 Å². The lowest BCUT2D eigenvalue weighted by atomic mass is 10.1. The van der Waals surface area contributed by atoms with Gasteiger partial charge in [0.1, 0.15) is 0 Å². The smallest absolute Gasteiger partial charge is 0.234 e. The first-order chi connectivity index (χ1) is 10.4. The normalized spacial score (nSPS) is 24.0. The summed E-state index contributed by atoms with van der Waals surface area (Å²) in [5.74, 6) is 0.224. The summed E-state index contributed by atoms with van der Waals surface area (Å²) in [7, 11) is -2.91. The molecule has 3 rings (SSSR count). The number of hydrogen-bond acceptors (Lipinski definition) is 4. The molecule has 1 N–H and O–H groups in total. The molecular weight excluding hydrogens is 324 g/mol. The van der Waals surface area contributed by atoms with Crippen LogP contribution in [0.5, 0.6) is 0 Å². The highest BCUT2D eigenvalue weighted by molar-refractivity contribution is 7.91. The standard InChI is InChI=1S/C15H19ClN2O3S/c16-13-3-1-2-12-11(13)4-5-14(12)17-15(19)10-18-6-8-22(20,21)9-7-18/h1-3,14H,4-10H2,(H,17,19). The number of carbonyl (C=O) groups excluding carboxylic acids is 1. The Morgan fingerprint density at radius 3 is 2.77 bits per heavy atom. The van der Waals surface area contributed by atoms with Gasteiger partial charge in [0.25, 0.3) is 0 Å². The van der Waals surface area contributed by atoms with Gasteiger partial charge in [0, 0.05) is 18.1 Å². The van der Waals surface area contributed by atoms with Crippen LogP contribution in [0.1, 0.15) is 23.6 Å². The molecule has 7 heteroatoms. The van der Waals surface area contributed by atoms with Crippen LogP contribution in [0.25, 0.3) is 0 Å². The minimum atomic E-state index is -2.91. The minimum Gasteiger partial charge on any atom is -0.348 e. The van der Waals surface area contributed by atoms with Gasteiger partial charge in [-0.05, 0) is 30.0 Å². The van der Waals surface area contributed by atoms with E-state index in [1.165, 1.54) is 0 Å². The lowest BCUT2D eigenvalue weighted by Crippen LogP contribution is -2.45. The SMILES string of the molecule is O=C(CN1CCS(=O)(=O)CC1)NC1CCc2c(Cl)cccc21. The lowest BCUT2D eigenvalue weighted by Gasteiger charge is -2.26. The highest BCUT2D eigenvalue weighted by Crippen LogP contribution is 2.35. The largest absolute Gasteiger partial charge is 0.348 e. The molecule has 0 spiro atoms. The predicted molar refractivity (Wildman–Crippen MR) is 85.8 cm³/mol. The van der Waals surface area contributed by atoms with E-state index in [0.29, 0.717) is 13.1 Å². The molecule has 1 aliphatic carbocycles. The maximum Gasteiger partial charge on any atom is 0.234 e. The van der Waals surface area contributed by atoms with Crippen LogP contribution in [0.15, 0.2) is 18.2 Å². The van der Waals surface area contributed by atoms with Gasteiger partial charge in [-0.15, -0.1) is 0 Å². The molecule has 1 aromatic carbocycles. The summed E-state index contributed by atoms with van der Waals surface area (Å²) in [6.07, 6.45) is 1.74. The van der Waals surface area contributed by atoms with E-state index in [2.05, 4.69) is 5.32 Å². The van der Waals surface area contributed by atoms with Crippen molar-refractivity contribution in [3.05, 3.63) is 34.3 Å². The molecule has 0 aromatic heterocycles. The number of hydrogen-bond donors (Lipinski definition) is 1. The summed E-state index contributed by atoms with van der Waals surface area (Å²) in [6.45, 7) is 1.12. The zero-order valence-electron chi connectivity index (χ0n) is 12.2. The highest BCUT2D eigenvalue weighted by atomic mass is 35.5. The van der Waals surface area contributed by atoms with E-state index in [1.807, 2.05) is 23.1 Å². The van der Waals surface area contributed by atoms with Crippen molar-refractivity contribution in [3.8, 4) is 0 Å². The van der Waals surface area contributed by atoms with Crippen molar-refractivity contribution in [3.63, 3.8) is 0 Å². The Kier molecular flexibility index (Phi) is 4.43. The highest BCUT2D eigenvalue weighted by Gasteiger charge is 2.27. The van der Waals surface area contributed by atoms with Gasteiger partial charge in [-0.2, -0.15) is 0 Å². The third-order valence-electron chi connectivity index (χ3n) is 4.35. The zero-order valence-corrected chi connectivity index (χ0v) is 13.8. The summed E-state index contributed by atoms with van der Waals surface area (Å²) >= 11 is 6.18. The first-order valence-electron chi connectivity index (χ1n) is 7.44. The molecular formula is C15H19ClN2O3S. The van der Waals surface area contributed by atoms with E-state index in [9.17, 15) is 13.2 Å². The molecule has 1 fully saturated rings. The van der Waals surface area contributed by atoms with Crippen molar-refractivity contribution in [2.75, 3.05) is 31.1 Å². The van der Waals surface area contributed by atoms with E-state index in [1.54, 1.807) is 0 Å². The Labute approximate surface area is 135 Å². The van der Waals surface area contributed by atoms with Gasteiger partial charge in [0.05, 0.1) is 24.1 Å². The van der Waals surface area contributed by atoms with Crippen LogP contribution in [0, 0.1) is 0 Å². The van der Waals surface area contributed by atoms with Gasteiger partial charge >= 0.3 is 0 Å². The van der Waals surface area contributed by atoms with Crippen LogP contribution in [0.4, 0.5) is 0 Å². The number of fused-ring (bicyclic) bond motifs is 1. The van der Waals surface area contributed by atoms with Crippen molar-refractivity contribution in [2.45, 2.75) is 18.9 Å². The number of sulfone groups is 1. The predicted octanol–water partition coefficient (Wildman–Crippen LogP) is 1.17. The Morgan fingerprint density at radius 1 is 1.32 bits per heavy atom. The van der Waals surface area contributed by atoms with Gasteiger partial charge < -0.3 is 5.32 Å². The number of carbonyl (C=O) groups is 1. The average Bonchev–Trinajstić information content (AvgIpc) is 2.86. The van der Waals surface area contributed by atoms with E-state index >= 15 is 0 Å². The lowest BCUT2D eigenvalue weighted by molar-refractivity contribution is -0.122. The molecule has 1 heterocycles. The minimum absolute atomic E-state index is 0.00900. The molecule has 22 heavy (non-hydrogen) atoms. The molecule has 0 radical (unpaired) electrons. The molecule has 1 aliphatic heterocycles. The van der Waals surface area contributed by atoms with Gasteiger partial charge in [0.2, 0.25) is 5.91 Å². The Morgan fingerprint density at radius 2 is 2.05 bits per heavy atom. The molecule has 2 aliphatic rings. The number of nitrogens with zero attached hydrogens (tertiary/aromatic N) is 1. The van der Waals surface area contributed by atoms with Crippen LogP contribution < -0.4 is 5.32 Å². The fourth-order valence-electron chi connectivity index (χ4n) is 3.11. The molecule has 0 saturated carbocycles. The summed E-state index contributed by atoms with van der Waals surface area (Å²) in [5.41, 5.74) is 2.22. The van der Waals surface area contributed by atoms with Crippen LogP contribution >= 0.6 is 11.6 Å². The third-order valence-corrected chi connectivity index (χ3v) is 6.32. The Bertz CT molecular complexity index is 676. The fraction of sp³-hybridized carbons (Fsp3) is 0.533. The fourth-order valence-corrected chi connectivity index (χ4v) is 4.66. The molecule has 120 valence electrons. The first-order valence-corrected chi connectivity index (χ1v) is 9.64. The summed E-state index contributed by atoms with van der Waals surface area (Å²) < 4.78 is 22.8. The molecule has 1 unspecified atom stereocenters. The van der Waals surface area contributed by atoms with Crippen LogP contribution in [-0.4, -0.2) is 50.4 Å². The molecule has 1 aromatic rings. The van der Waals surface area contributed by atoms with Crippen LogP contribution in [0.3, 0.4) is 0 Å². The number of rotatable bonds is 3. The van der Waals surface area contributed by atoms with Gasteiger partial charge in [-0.1, -0.05) is 23.7 Å². The van der Waals surface area contributed by atoms with E-state index in [-0.39, 0.29) is 30.0 Å². The maximum atomic E-state index is 12.2. The van der Waals surface area contributed by atoms with Gasteiger partial charge in [-0.3, -0.25) is 9.69 Å². The summed E-state index contributed by atoms with van der Waals surface area (Å²) in [4.78, 5) is 14.1. The zero-order chi connectivity index (χ0) is 15.7. The van der Waals surface area contributed by atoms with Crippen molar-refractivity contribution < 1.29 is 13.2 Å². The molecule has 1 saturated heterocycles. The average molecular weight is 343 g/mol. The van der Waals surface area contributed by atoms with Crippen molar-refractivity contribution >= 4 is 27.3 Å². The summed E-state index contributed by atoms with van der Waals surface area (Å²) in [6, 6.07) is 5.79. The van der Waals surface area contributed by atoms with E-state index < -0.39 is 9.84 Å². The Balaban J connectivity index is 1.57. The van der Waals surface area contributed by atoms with Gasteiger partial charge in [0.15, 0.2) is 9.84 Å². The summed E-state index contributed by atoms with van der Waals surface area (Å²) in [5, 5.41) is 3.80. The van der Waals surface area contributed by atoms with E-state index in [4.69, 9.17) is 11.6 Å². The second kappa shape index (κ2) is 6.18. The topological polar surface area (TPSA) is 66.5 Å². The van der Waals surface area contributed by atoms with E-state index in [0.717, 1.165) is 29.0 Å². The molecule has 1 atom stereocenters. The molecule has 0 bridgehead atoms. The maximum absolute atomic E-state index is 12.2. The number of halogens is 1. The third kappa shape index (κ3) is 3.45. The number of nitrogens with one attached hydrogen (secondary N) is 1. The first kappa shape index (κ1) is 15.8. The quantitative estimate of drug-likeness (QED) is 0.895. The van der Waals surface area contributed by atoms with Crippen molar-refractivity contribution in [1.29, 1.82) is 0 Å². The molecule has 5 nitrogen and oxygen atoms in total. The van der Waals surface area contributed by atoms with Crippen molar-refractivity contribution in [2.24, 2.45) is 0 Å². The number of benzene rings is 1. The number of amides is 1. The van der Waals surface area contributed by atoms with Crippen LogP contribution in [-0.2, 0) is 21.1 Å². The van der Waals surface area contributed by atoms with Crippen LogP contribution in [0.2, 0.25) is 5.02 Å². The second-order valence-corrected chi connectivity index (χ2v) is 8.61. The Hall–Kier alpha value is -1.11.